The Balaban J connectivity index is 2.13. The lowest BCUT2D eigenvalue weighted by atomic mass is 10.3. The second-order valence-corrected chi connectivity index (χ2v) is 4.51. The lowest BCUT2D eigenvalue weighted by Gasteiger charge is -2.01. The van der Waals surface area contributed by atoms with Crippen LogP contribution in [-0.2, 0) is 16.0 Å². The lowest BCUT2D eigenvalue weighted by Crippen LogP contribution is -2.25. The molecule has 0 aliphatic heterocycles. The van der Waals surface area contributed by atoms with Crippen LogP contribution in [0.1, 0.15) is 4.88 Å². The minimum absolute atomic E-state index is 0.241. The molecule has 14 heavy (non-hydrogen) atoms. The van der Waals surface area contributed by atoms with E-state index in [2.05, 4.69) is 10.1 Å². The maximum absolute atomic E-state index is 10.7. The van der Waals surface area contributed by atoms with Gasteiger partial charge >= 0.3 is 5.97 Å². The standard InChI is InChI=1S/C9H12ClNO2S/c1-13-9(12)6-11-5-4-7-2-3-8(10)14-7/h2-3,11H,4-6H2,1H3. The number of hydrogen-bond donors (Lipinski definition) is 1. The Labute approximate surface area is 92.0 Å². The number of esters is 1. The first-order valence-electron chi connectivity index (χ1n) is 4.24. The molecule has 0 atom stereocenters. The van der Waals surface area contributed by atoms with Crippen molar-refractivity contribution in [3.05, 3.63) is 21.3 Å². The van der Waals surface area contributed by atoms with E-state index in [0.29, 0.717) is 0 Å². The smallest absolute Gasteiger partial charge is 0.319 e. The van der Waals surface area contributed by atoms with Crippen molar-refractivity contribution in [1.82, 2.24) is 5.32 Å². The molecule has 0 aliphatic rings. The summed E-state index contributed by atoms with van der Waals surface area (Å²) in [6, 6.07) is 3.87. The molecule has 0 radical (unpaired) electrons. The molecular formula is C9H12ClNO2S. The minimum Gasteiger partial charge on any atom is -0.468 e. The molecule has 1 N–H and O–H groups in total. The zero-order valence-electron chi connectivity index (χ0n) is 7.88. The van der Waals surface area contributed by atoms with Crippen LogP contribution in [0.2, 0.25) is 4.34 Å². The van der Waals surface area contributed by atoms with Crippen LogP contribution in [0.25, 0.3) is 0 Å². The molecule has 1 rings (SSSR count). The summed E-state index contributed by atoms with van der Waals surface area (Å²) >= 11 is 7.33. The third-order valence-corrected chi connectivity index (χ3v) is 2.96. The fourth-order valence-electron chi connectivity index (χ4n) is 0.960. The third kappa shape index (κ3) is 4.09. The molecule has 0 bridgehead atoms. The summed E-state index contributed by atoms with van der Waals surface area (Å²) in [4.78, 5) is 11.9. The normalized spacial score (nSPS) is 10.1. The van der Waals surface area contributed by atoms with Crippen LogP contribution < -0.4 is 5.32 Å². The van der Waals surface area contributed by atoms with Crippen LogP contribution in [0, 0.1) is 0 Å². The van der Waals surface area contributed by atoms with Gasteiger partial charge in [0, 0.05) is 11.4 Å². The highest BCUT2D eigenvalue weighted by Gasteiger charge is 2.00. The highest BCUT2D eigenvalue weighted by atomic mass is 35.5. The molecule has 0 unspecified atom stereocenters. The van der Waals surface area contributed by atoms with Crippen molar-refractivity contribution in [3.8, 4) is 0 Å². The summed E-state index contributed by atoms with van der Waals surface area (Å²) in [6.45, 7) is 1.02. The van der Waals surface area contributed by atoms with Gasteiger partial charge in [0.2, 0.25) is 0 Å². The summed E-state index contributed by atoms with van der Waals surface area (Å²) in [6.07, 6.45) is 0.883. The van der Waals surface area contributed by atoms with Gasteiger partial charge in [-0.05, 0) is 18.6 Å². The summed E-state index contributed by atoms with van der Waals surface area (Å²) in [7, 11) is 1.38. The highest BCUT2D eigenvalue weighted by Crippen LogP contribution is 2.21. The van der Waals surface area contributed by atoms with Gasteiger partial charge in [0.25, 0.3) is 0 Å². The highest BCUT2D eigenvalue weighted by molar-refractivity contribution is 7.16. The first kappa shape index (κ1) is 11.5. The Hall–Kier alpha value is -0.580. The van der Waals surface area contributed by atoms with Crippen molar-refractivity contribution in [2.45, 2.75) is 6.42 Å². The number of methoxy groups -OCH3 is 1. The second kappa shape index (κ2) is 6.01. The van der Waals surface area contributed by atoms with Gasteiger partial charge < -0.3 is 10.1 Å². The SMILES string of the molecule is COC(=O)CNCCc1ccc(Cl)s1. The molecule has 1 heterocycles. The van der Waals surface area contributed by atoms with Gasteiger partial charge in [0.1, 0.15) is 0 Å². The summed E-state index contributed by atoms with van der Waals surface area (Å²) in [5, 5.41) is 2.98. The quantitative estimate of drug-likeness (QED) is 0.622. The van der Waals surface area contributed by atoms with E-state index in [9.17, 15) is 4.79 Å². The van der Waals surface area contributed by atoms with Crippen LogP contribution in [0.5, 0.6) is 0 Å². The van der Waals surface area contributed by atoms with Gasteiger partial charge in [0.05, 0.1) is 18.0 Å². The second-order valence-electron chi connectivity index (χ2n) is 2.71. The number of ether oxygens (including phenoxy) is 1. The molecule has 0 amide bonds. The molecule has 1 aromatic rings. The van der Waals surface area contributed by atoms with E-state index in [1.54, 1.807) is 11.3 Å². The Bertz CT molecular complexity index is 301. The van der Waals surface area contributed by atoms with Crippen molar-refractivity contribution >= 4 is 28.9 Å². The van der Waals surface area contributed by atoms with Crippen molar-refractivity contribution in [1.29, 1.82) is 0 Å². The summed E-state index contributed by atoms with van der Waals surface area (Å²) < 4.78 is 5.29. The van der Waals surface area contributed by atoms with Crippen LogP contribution in [0.15, 0.2) is 12.1 Å². The fourth-order valence-corrected chi connectivity index (χ4v) is 2.05. The number of rotatable bonds is 5. The van der Waals surface area contributed by atoms with E-state index in [1.165, 1.54) is 12.0 Å². The number of thiophene rings is 1. The van der Waals surface area contributed by atoms with Crippen molar-refractivity contribution in [2.75, 3.05) is 20.2 Å². The zero-order valence-corrected chi connectivity index (χ0v) is 9.45. The number of halogens is 1. The molecule has 0 aromatic carbocycles. The zero-order chi connectivity index (χ0) is 10.4. The molecule has 0 fully saturated rings. The van der Waals surface area contributed by atoms with Gasteiger partial charge in [-0.3, -0.25) is 4.79 Å². The Morgan fingerprint density at radius 2 is 2.43 bits per heavy atom. The molecule has 0 spiro atoms. The third-order valence-electron chi connectivity index (χ3n) is 1.67. The Morgan fingerprint density at radius 1 is 1.64 bits per heavy atom. The summed E-state index contributed by atoms with van der Waals surface area (Å²) in [5.74, 6) is -0.241. The molecule has 0 saturated heterocycles. The number of carbonyl (C=O) groups excluding carboxylic acids is 1. The van der Waals surface area contributed by atoms with Gasteiger partial charge in [0.15, 0.2) is 0 Å². The van der Waals surface area contributed by atoms with Crippen LogP contribution >= 0.6 is 22.9 Å². The fraction of sp³-hybridized carbons (Fsp3) is 0.444. The van der Waals surface area contributed by atoms with E-state index in [1.807, 2.05) is 12.1 Å². The monoisotopic (exact) mass is 233 g/mol. The first-order chi connectivity index (χ1) is 6.72. The van der Waals surface area contributed by atoms with Crippen LogP contribution in [0.3, 0.4) is 0 Å². The van der Waals surface area contributed by atoms with Crippen molar-refractivity contribution < 1.29 is 9.53 Å². The number of hydrogen-bond acceptors (Lipinski definition) is 4. The van der Waals surface area contributed by atoms with Gasteiger partial charge in [-0.1, -0.05) is 11.6 Å². The molecular weight excluding hydrogens is 222 g/mol. The van der Waals surface area contributed by atoms with E-state index in [4.69, 9.17) is 11.6 Å². The topological polar surface area (TPSA) is 38.3 Å². The van der Waals surface area contributed by atoms with Crippen molar-refractivity contribution in [2.24, 2.45) is 0 Å². The molecule has 3 nitrogen and oxygen atoms in total. The Kier molecular flexibility index (Phi) is 4.93. The number of nitrogens with one attached hydrogen (secondary N) is 1. The molecule has 5 heteroatoms. The van der Waals surface area contributed by atoms with Gasteiger partial charge in [-0.15, -0.1) is 11.3 Å². The lowest BCUT2D eigenvalue weighted by molar-refractivity contribution is -0.139. The predicted molar refractivity (Wildman–Crippen MR) is 57.9 cm³/mol. The van der Waals surface area contributed by atoms with Gasteiger partial charge in [-0.25, -0.2) is 0 Å². The van der Waals surface area contributed by atoms with E-state index < -0.39 is 0 Å². The maximum Gasteiger partial charge on any atom is 0.319 e. The average Bonchev–Trinajstić information content (AvgIpc) is 2.58. The van der Waals surface area contributed by atoms with Crippen molar-refractivity contribution in [3.63, 3.8) is 0 Å². The first-order valence-corrected chi connectivity index (χ1v) is 5.43. The van der Waals surface area contributed by atoms with Gasteiger partial charge in [-0.2, -0.15) is 0 Å². The molecule has 1 aromatic heterocycles. The van der Waals surface area contributed by atoms with Crippen LogP contribution in [0.4, 0.5) is 0 Å². The Morgan fingerprint density at radius 3 is 3.00 bits per heavy atom. The molecule has 78 valence electrons. The number of carbonyl (C=O) groups is 1. The van der Waals surface area contributed by atoms with E-state index in [0.717, 1.165) is 17.3 Å². The summed E-state index contributed by atoms with van der Waals surface area (Å²) in [5.41, 5.74) is 0. The molecule has 0 aliphatic carbocycles. The van der Waals surface area contributed by atoms with Crippen LogP contribution in [-0.4, -0.2) is 26.2 Å². The maximum atomic E-state index is 10.7. The predicted octanol–water partition coefficient (Wildman–Crippen LogP) is 1.71. The largest absolute Gasteiger partial charge is 0.468 e. The minimum atomic E-state index is -0.241. The average molecular weight is 234 g/mol. The van der Waals surface area contributed by atoms with E-state index >= 15 is 0 Å². The van der Waals surface area contributed by atoms with E-state index in [-0.39, 0.29) is 12.5 Å². The molecule has 0 saturated carbocycles.